The van der Waals surface area contributed by atoms with Crippen molar-refractivity contribution in [3.63, 3.8) is 0 Å². The van der Waals surface area contributed by atoms with Gasteiger partial charge in [-0.3, -0.25) is 14.9 Å². The summed E-state index contributed by atoms with van der Waals surface area (Å²) in [7, 11) is 0. The zero-order valence-electron chi connectivity index (χ0n) is 12.7. The summed E-state index contributed by atoms with van der Waals surface area (Å²) in [6.07, 6.45) is 4.47. The van der Waals surface area contributed by atoms with E-state index in [-0.39, 0.29) is 18.1 Å². The predicted octanol–water partition coefficient (Wildman–Crippen LogP) is 4.01. The second kappa shape index (κ2) is 9.23. The van der Waals surface area contributed by atoms with Crippen molar-refractivity contribution in [1.82, 2.24) is 0 Å². The average Bonchev–Trinajstić information content (AvgIpc) is 2.50. The molecule has 5 nitrogen and oxygen atoms in total. The van der Waals surface area contributed by atoms with Crippen molar-refractivity contribution >= 4 is 11.5 Å². The maximum atomic E-state index is 12.0. The van der Waals surface area contributed by atoms with Gasteiger partial charge in [0.25, 0.3) is 5.69 Å². The molecule has 0 heterocycles. The number of nitrogens with zero attached hydrogens (tertiary/aromatic N) is 1. The highest BCUT2D eigenvalue weighted by molar-refractivity contribution is 5.97. The van der Waals surface area contributed by atoms with Crippen molar-refractivity contribution in [1.29, 1.82) is 0 Å². The van der Waals surface area contributed by atoms with Crippen LogP contribution in [0.1, 0.15) is 49.9 Å². The predicted molar refractivity (Wildman–Crippen MR) is 81.6 cm³/mol. The highest BCUT2D eigenvalue weighted by Crippen LogP contribution is 2.15. The number of rotatable bonds is 10. The van der Waals surface area contributed by atoms with Gasteiger partial charge in [-0.25, -0.2) is 0 Å². The summed E-state index contributed by atoms with van der Waals surface area (Å²) in [6.45, 7) is 4.81. The number of hydrogen-bond donors (Lipinski definition) is 0. The second-order valence-electron chi connectivity index (χ2n) is 5.16. The van der Waals surface area contributed by atoms with E-state index in [9.17, 15) is 14.9 Å². The molecule has 0 spiro atoms. The van der Waals surface area contributed by atoms with Crippen LogP contribution in [0.2, 0.25) is 0 Å². The van der Waals surface area contributed by atoms with Gasteiger partial charge < -0.3 is 4.74 Å². The van der Waals surface area contributed by atoms with E-state index in [0.29, 0.717) is 18.1 Å². The molecule has 1 unspecified atom stereocenters. The van der Waals surface area contributed by atoms with Crippen molar-refractivity contribution < 1.29 is 14.5 Å². The number of carbonyl (C=O) groups excluding carboxylic acids is 1. The summed E-state index contributed by atoms with van der Waals surface area (Å²) in [5.41, 5.74) is 0.251. The summed E-state index contributed by atoms with van der Waals surface area (Å²) >= 11 is 0. The molecule has 0 aliphatic heterocycles. The minimum atomic E-state index is -0.504. The van der Waals surface area contributed by atoms with E-state index < -0.39 is 4.92 Å². The first kappa shape index (κ1) is 17.3. The fraction of sp³-hybridized carbons (Fsp3) is 0.562. The molecule has 0 radical (unpaired) electrons. The van der Waals surface area contributed by atoms with E-state index >= 15 is 0 Å². The summed E-state index contributed by atoms with van der Waals surface area (Å²) in [5.74, 6) is 0.256. The first-order valence-electron chi connectivity index (χ1n) is 7.43. The lowest BCUT2D eigenvalue weighted by molar-refractivity contribution is -0.384. The van der Waals surface area contributed by atoms with Crippen LogP contribution in [0.5, 0.6) is 0 Å². The topological polar surface area (TPSA) is 69.4 Å². The van der Waals surface area contributed by atoms with Gasteiger partial charge in [-0.2, -0.15) is 0 Å². The lowest BCUT2D eigenvalue weighted by atomic mass is 10.0. The number of unbranched alkanes of at least 4 members (excludes halogenated alkanes) is 1. The number of nitro benzene ring substituents is 1. The quantitative estimate of drug-likeness (QED) is 0.371. The number of nitro groups is 1. The lowest BCUT2D eigenvalue weighted by Crippen LogP contribution is -2.15. The van der Waals surface area contributed by atoms with E-state index in [1.54, 1.807) is 6.07 Å². The molecule has 5 heteroatoms. The third-order valence-electron chi connectivity index (χ3n) is 3.51. The minimum Gasteiger partial charge on any atom is -0.373 e. The summed E-state index contributed by atoms with van der Waals surface area (Å²) in [6, 6.07) is 5.75. The number of hydrogen-bond acceptors (Lipinski definition) is 4. The Labute approximate surface area is 125 Å². The van der Waals surface area contributed by atoms with Crippen LogP contribution < -0.4 is 0 Å². The molecule has 0 aliphatic carbocycles. The van der Waals surface area contributed by atoms with Crippen molar-refractivity contribution in [3.05, 3.63) is 39.9 Å². The number of Topliss-reactive ketones (excluding diaryl/α,β-unsaturated/α-hetero) is 1. The summed E-state index contributed by atoms with van der Waals surface area (Å²) in [5, 5.41) is 10.7. The van der Waals surface area contributed by atoms with Gasteiger partial charge in [0.05, 0.1) is 4.92 Å². The fourth-order valence-electron chi connectivity index (χ4n) is 2.09. The van der Waals surface area contributed by atoms with Gasteiger partial charge >= 0.3 is 0 Å². The Balaban J connectivity index is 2.46. The SMILES string of the molecule is CCCCC(CC)COCC(=O)c1cccc([N+](=O)[O-])c1. The molecule has 0 fully saturated rings. The second-order valence-corrected chi connectivity index (χ2v) is 5.16. The van der Waals surface area contributed by atoms with Crippen LogP contribution in [0.25, 0.3) is 0 Å². The number of carbonyl (C=O) groups is 1. The molecule has 0 saturated carbocycles. The Hall–Kier alpha value is -1.75. The van der Waals surface area contributed by atoms with Crippen LogP contribution >= 0.6 is 0 Å². The third kappa shape index (κ3) is 6.04. The number of non-ortho nitro benzene ring substituents is 1. The number of ketones is 1. The van der Waals surface area contributed by atoms with E-state index in [0.717, 1.165) is 19.3 Å². The monoisotopic (exact) mass is 293 g/mol. The molecule has 1 atom stereocenters. The standard InChI is InChI=1S/C16H23NO4/c1-3-5-7-13(4-2)11-21-12-16(18)14-8-6-9-15(10-14)17(19)20/h6,8-10,13H,3-5,7,11-12H2,1-2H3. The Kier molecular flexibility index (Phi) is 7.61. The van der Waals surface area contributed by atoms with E-state index in [4.69, 9.17) is 4.74 Å². The highest BCUT2D eigenvalue weighted by Gasteiger charge is 2.13. The normalized spacial score (nSPS) is 12.1. The van der Waals surface area contributed by atoms with Gasteiger partial charge in [-0.15, -0.1) is 0 Å². The molecule has 1 aromatic rings. The van der Waals surface area contributed by atoms with Crippen LogP contribution in [-0.2, 0) is 4.74 Å². The Bertz CT molecular complexity index is 473. The molecule has 1 rings (SSSR count). The van der Waals surface area contributed by atoms with Crippen LogP contribution in [0, 0.1) is 16.0 Å². The summed E-state index contributed by atoms with van der Waals surface area (Å²) < 4.78 is 5.48. The third-order valence-corrected chi connectivity index (χ3v) is 3.51. The van der Waals surface area contributed by atoms with Crippen LogP contribution in [0.3, 0.4) is 0 Å². The summed E-state index contributed by atoms with van der Waals surface area (Å²) in [4.78, 5) is 22.1. The highest BCUT2D eigenvalue weighted by atomic mass is 16.6. The number of benzene rings is 1. The zero-order chi connectivity index (χ0) is 15.7. The van der Waals surface area contributed by atoms with Crippen LogP contribution in [0.15, 0.2) is 24.3 Å². The van der Waals surface area contributed by atoms with Crippen LogP contribution in [-0.4, -0.2) is 23.9 Å². The molecule has 0 aliphatic rings. The molecule has 0 N–H and O–H groups in total. The van der Waals surface area contributed by atoms with E-state index in [2.05, 4.69) is 13.8 Å². The molecule has 1 aromatic carbocycles. The van der Waals surface area contributed by atoms with Gasteiger partial charge in [0.15, 0.2) is 5.78 Å². The van der Waals surface area contributed by atoms with Crippen LogP contribution in [0.4, 0.5) is 5.69 Å². The van der Waals surface area contributed by atoms with Gasteiger partial charge in [0, 0.05) is 24.3 Å². The fourth-order valence-corrected chi connectivity index (χ4v) is 2.09. The minimum absolute atomic E-state index is 0.0240. The molecule has 116 valence electrons. The largest absolute Gasteiger partial charge is 0.373 e. The Morgan fingerprint density at radius 1 is 1.38 bits per heavy atom. The maximum Gasteiger partial charge on any atom is 0.270 e. The Morgan fingerprint density at radius 3 is 2.76 bits per heavy atom. The Morgan fingerprint density at radius 2 is 2.14 bits per heavy atom. The van der Waals surface area contributed by atoms with E-state index in [1.165, 1.54) is 24.6 Å². The lowest BCUT2D eigenvalue weighted by Gasteiger charge is -2.14. The average molecular weight is 293 g/mol. The van der Waals surface area contributed by atoms with Crippen molar-refractivity contribution in [3.8, 4) is 0 Å². The molecular formula is C16H23NO4. The smallest absolute Gasteiger partial charge is 0.270 e. The van der Waals surface area contributed by atoms with Gasteiger partial charge in [0.1, 0.15) is 6.61 Å². The van der Waals surface area contributed by atoms with E-state index in [1.807, 2.05) is 0 Å². The zero-order valence-corrected chi connectivity index (χ0v) is 12.7. The molecule has 0 aromatic heterocycles. The molecule has 0 amide bonds. The molecule has 21 heavy (non-hydrogen) atoms. The van der Waals surface area contributed by atoms with Gasteiger partial charge in [-0.1, -0.05) is 45.2 Å². The molecular weight excluding hydrogens is 270 g/mol. The van der Waals surface area contributed by atoms with Crippen molar-refractivity contribution in [2.75, 3.05) is 13.2 Å². The maximum absolute atomic E-state index is 12.0. The van der Waals surface area contributed by atoms with Gasteiger partial charge in [0.2, 0.25) is 0 Å². The van der Waals surface area contributed by atoms with Crippen molar-refractivity contribution in [2.45, 2.75) is 39.5 Å². The first-order valence-corrected chi connectivity index (χ1v) is 7.43. The van der Waals surface area contributed by atoms with Gasteiger partial charge in [-0.05, 0) is 12.3 Å². The van der Waals surface area contributed by atoms with Crippen molar-refractivity contribution in [2.24, 2.45) is 5.92 Å². The molecule has 0 bridgehead atoms. The first-order chi connectivity index (χ1) is 10.1. The number of ether oxygens (including phenoxy) is 1. The molecule has 0 saturated heterocycles.